The standard InChI is InChI=1S/C12H19B2NO2/c1-8-5-6-9(12(13,14)7-8)15-10(16)17-11(2,3)4/h7,9H,5-6H2,1-4H3,(H,15,16)/t9-/m1/s1. The lowest BCUT2D eigenvalue weighted by atomic mass is 9.48. The van der Waals surface area contributed by atoms with Gasteiger partial charge in [-0.25, -0.2) is 4.79 Å². The monoisotopic (exact) mass is 231 g/mol. The van der Waals surface area contributed by atoms with Gasteiger partial charge in [-0.3, -0.25) is 0 Å². The van der Waals surface area contributed by atoms with Crippen LogP contribution in [0.15, 0.2) is 11.6 Å². The minimum Gasteiger partial charge on any atom is -0.444 e. The van der Waals surface area contributed by atoms with Crippen LogP contribution in [0.25, 0.3) is 0 Å². The maximum Gasteiger partial charge on any atom is 0.407 e. The minimum absolute atomic E-state index is 0.291. The Balaban J connectivity index is 2.61. The first kappa shape index (κ1) is 14.2. The van der Waals surface area contributed by atoms with Crippen molar-refractivity contribution in [1.29, 1.82) is 0 Å². The summed E-state index contributed by atoms with van der Waals surface area (Å²) in [5.74, 6) is 0. The quantitative estimate of drug-likeness (QED) is 0.554. The van der Waals surface area contributed by atoms with Crippen LogP contribution in [0.3, 0.4) is 0 Å². The fraction of sp³-hybridized carbons (Fsp3) is 0.750. The van der Waals surface area contributed by atoms with Crippen molar-refractivity contribution in [2.24, 2.45) is 0 Å². The summed E-state index contributed by atoms with van der Waals surface area (Å²) >= 11 is 0. The van der Waals surface area contributed by atoms with Gasteiger partial charge in [-0.15, -0.1) is 0 Å². The van der Waals surface area contributed by atoms with Crippen LogP contribution in [0.1, 0.15) is 40.5 Å². The van der Waals surface area contributed by atoms with E-state index in [0.29, 0.717) is 0 Å². The van der Waals surface area contributed by atoms with Gasteiger partial charge in [0.1, 0.15) is 5.60 Å². The normalized spacial score (nSPS) is 23.8. The predicted octanol–water partition coefficient (Wildman–Crippen LogP) is 2.07. The van der Waals surface area contributed by atoms with Gasteiger partial charge in [0.25, 0.3) is 0 Å². The average molecular weight is 231 g/mol. The van der Waals surface area contributed by atoms with E-state index in [-0.39, 0.29) is 6.04 Å². The zero-order valence-corrected chi connectivity index (χ0v) is 11.0. The molecule has 1 N–H and O–H groups in total. The van der Waals surface area contributed by atoms with Crippen molar-refractivity contribution in [3.63, 3.8) is 0 Å². The molecule has 0 saturated heterocycles. The molecule has 0 aromatic heterocycles. The Kier molecular flexibility index (Phi) is 4.00. The van der Waals surface area contributed by atoms with E-state index in [9.17, 15) is 4.79 Å². The van der Waals surface area contributed by atoms with Gasteiger partial charge in [0, 0.05) is 6.04 Å². The van der Waals surface area contributed by atoms with Crippen molar-refractivity contribution >= 4 is 21.8 Å². The number of hydrogen-bond acceptors (Lipinski definition) is 2. The lowest BCUT2D eigenvalue weighted by Gasteiger charge is -2.38. The van der Waals surface area contributed by atoms with Gasteiger partial charge in [0.15, 0.2) is 0 Å². The second-order valence-corrected chi connectivity index (χ2v) is 5.73. The fourth-order valence-electron chi connectivity index (χ4n) is 1.87. The van der Waals surface area contributed by atoms with E-state index in [4.69, 9.17) is 20.4 Å². The molecule has 4 radical (unpaired) electrons. The van der Waals surface area contributed by atoms with E-state index in [1.54, 1.807) is 6.08 Å². The van der Waals surface area contributed by atoms with E-state index in [0.717, 1.165) is 18.4 Å². The van der Waals surface area contributed by atoms with E-state index in [1.807, 2.05) is 27.7 Å². The van der Waals surface area contributed by atoms with Gasteiger partial charge in [0.05, 0.1) is 15.7 Å². The molecular formula is C12H19B2NO2. The van der Waals surface area contributed by atoms with Gasteiger partial charge in [-0.2, -0.15) is 0 Å². The highest BCUT2D eigenvalue weighted by Crippen LogP contribution is 2.34. The van der Waals surface area contributed by atoms with Crippen LogP contribution in [0.4, 0.5) is 4.79 Å². The molecule has 0 bridgehead atoms. The Bertz CT molecular complexity index is 332. The van der Waals surface area contributed by atoms with Crippen LogP contribution in [0.5, 0.6) is 0 Å². The zero-order valence-electron chi connectivity index (χ0n) is 11.0. The first-order valence-electron chi connectivity index (χ1n) is 5.86. The summed E-state index contributed by atoms with van der Waals surface area (Å²) in [6, 6.07) is -0.291. The summed E-state index contributed by atoms with van der Waals surface area (Å²) in [6.07, 6.45) is 2.94. The Hall–Kier alpha value is -0.860. The third-order valence-electron chi connectivity index (χ3n) is 2.62. The van der Waals surface area contributed by atoms with Crippen molar-refractivity contribution in [3.8, 4) is 0 Å². The molecule has 0 fully saturated rings. The molecule has 1 rings (SSSR count). The molecule has 0 saturated carbocycles. The van der Waals surface area contributed by atoms with Crippen LogP contribution in [-0.4, -0.2) is 33.4 Å². The Labute approximate surface area is 106 Å². The number of carbonyl (C=O) groups excluding carboxylic acids is 1. The summed E-state index contributed by atoms with van der Waals surface area (Å²) in [6.45, 7) is 7.43. The summed E-state index contributed by atoms with van der Waals surface area (Å²) in [5, 5.41) is 1.73. The molecule has 0 heterocycles. The molecule has 0 unspecified atom stereocenters. The van der Waals surface area contributed by atoms with E-state index >= 15 is 0 Å². The number of rotatable bonds is 1. The molecule has 1 amide bonds. The first-order valence-corrected chi connectivity index (χ1v) is 5.86. The highest BCUT2D eigenvalue weighted by atomic mass is 16.6. The molecule has 5 heteroatoms. The maximum absolute atomic E-state index is 11.6. The number of alkyl carbamates (subject to hydrolysis) is 1. The lowest BCUT2D eigenvalue weighted by Crippen LogP contribution is -2.47. The smallest absolute Gasteiger partial charge is 0.407 e. The topological polar surface area (TPSA) is 38.3 Å². The van der Waals surface area contributed by atoms with Crippen molar-refractivity contribution in [1.82, 2.24) is 5.32 Å². The third-order valence-corrected chi connectivity index (χ3v) is 2.62. The molecule has 0 aromatic rings. The highest BCUT2D eigenvalue weighted by molar-refractivity contribution is 6.42. The molecule has 3 nitrogen and oxygen atoms in total. The zero-order chi connectivity index (χ0) is 13.3. The van der Waals surface area contributed by atoms with E-state index in [1.165, 1.54) is 0 Å². The molecule has 0 spiro atoms. The van der Waals surface area contributed by atoms with Crippen molar-refractivity contribution in [2.75, 3.05) is 0 Å². The second kappa shape index (κ2) is 4.79. The molecular weight excluding hydrogens is 212 g/mol. The molecule has 1 aliphatic rings. The van der Waals surface area contributed by atoms with E-state index in [2.05, 4.69) is 5.32 Å². The van der Waals surface area contributed by atoms with Crippen LogP contribution in [-0.2, 0) is 4.74 Å². The molecule has 1 aliphatic carbocycles. The number of amides is 1. The van der Waals surface area contributed by atoms with Crippen LogP contribution >= 0.6 is 0 Å². The number of nitrogens with one attached hydrogen (secondary N) is 1. The average Bonchev–Trinajstić information content (AvgIpc) is 2.05. The van der Waals surface area contributed by atoms with Gasteiger partial charge >= 0.3 is 6.09 Å². The van der Waals surface area contributed by atoms with Crippen molar-refractivity contribution < 1.29 is 9.53 Å². The fourth-order valence-corrected chi connectivity index (χ4v) is 1.87. The molecule has 90 valence electrons. The van der Waals surface area contributed by atoms with E-state index < -0.39 is 16.9 Å². The lowest BCUT2D eigenvalue weighted by molar-refractivity contribution is 0.0498. The Morgan fingerprint density at radius 2 is 2.12 bits per heavy atom. The van der Waals surface area contributed by atoms with Gasteiger partial charge in [-0.1, -0.05) is 16.9 Å². The molecule has 1 atom stereocenters. The van der Waals surface area contributed by atoms with Gasteiger partial charge in [-0.05, 0) is 40.5 Å². The Morgan fingerprint density at radius 1 is 1.53 bits per heavy atom. The predicted molar refractivity (Wildman–Crippen MR) is 70.3 cm³/mol. The van der Waals surface area contributed by atoms with Crippen molar-refractivity contribution in [2.45, 2.75) is 57.4 Å². The first-order chi connectivity index (χ1) is 7.60. The number of allylic oxidation sites excluding steroid dienone is 1. The van der Waals surface area contributed by atoms with Crippen LogP contribution < -0.4 is 5.32 Å². The number of ether oxygens (including phenoxy) is 1. The summed E-state index contributed by atoms with van der Waals surface area (Å²) in [7, 11) is 11.9. The second-order valence-electron chi connectivity index (χ2n) is 5.73. The maximum atomic E-state index is 11.6. The SMILES string of the molecule is [B]C1([B])C=C(C)CC[C@H]1NC(=O)OC(C)(C)C. The van der Waals surface area contributed by atoms with Crippen LogP contribution in [0, 0.1) is 0 Å². The van der Waals surface area contributed by atoms with Gasteiger partial charge in [0.2, 0.25) is 0 Å². The third kappa shape index (κ3) is 4.49. The largest absolute Gasteiger partial charge is 0.444 e. The summed E-state index contributed by atoms with van der Waals surface area (Å²) in [4.78, 5) is 11.6. The minimum atomic E-state index is -1.00. The molecule has 0 aromatic carbocycles. The highest BCUT2D eigenvalue weighted by Gasteiger charge is 2.31. The Morgan fingerprint density at radius 3 is 2.59 bits per heavy atom. The summed E-state index contributed by atoms with van der Waals surface area (Å²) < 4.78 is 5.18. The number of carbonyl (C=O) groups is 1. The number of hydrogen-bond donors (Lipinski definition) is 1. The summed E-state index contributed by atoms with van der Waals surface area (Å²) in [5.41, 5.74) is 0.633. The van der Waals surface area contributed by atoms with Crippen LogP contribution in [0.2, 0.25) is 5.21 Å². The molecule has 17 heavy (non-hydrogen) atoms. The van der Waals surface area contributed by atoms with Gasteiger partial charge < -0.3 is 10.1 Å². The molecule has 0 aliphatic heterocycles. The van der Waals surface area contributed by atoms with Crippen molar-refractivity contribution in [3.05, 3.63) is 11.6 Å².